The minimum absolute atomic E-state index is 0.597. The molecule has 1 N–H and O–H groups in total. The van der Waals surface area contributed by atoms with E-state index in [0.717, 1.165) is 21.1 Å². The van der Waals surface area contributed by atoms with Gasteiger partial charge in [0.05, 0.1) is 14.5 Å². The van der Waals surface area contributed by atoms with Crippen molar-refractivity contribution >= 4 is 56.6 Å². The van der Waals surface area contributed by atoms with Gasteiger partial charge in [-0.1, -0.05) is 23.7 Å². The summed E-state index contributed by atoms with van der Waals surface area (Å²) in [5.74, 6) is -0.981. The lowest BCUT2D eigenvalue weighted by molar-refractivity contribution is -0.131. The normalized spacial score (nSPS) is 11.0. The van der Waals surface area contributed by atoms with Gasteiger partial charge < -0.3 is 10.0 Å². The molecule has 6 heteroatoms. The molecule has 2 rings (SSSR count). The van der Waals surface area contributed by atoms with Gasteiger partial charge in [0.2, 0.25) is 0 Å². The molecule has 1 aromatic carbocycles. The molecule has 0 fully saturated rings. The highest BCUT2D eigenvalue weighted by Gasteiger charge is 2.11. The first kappa shape index (κ1) is 16.1. The van der Waals surface area contributed by atoms with Crippen LogP contribution < -0.4 is 4.90 Å². The number of aliphatic carboxylic acids is 1. The maximum Gasteiger partial charge on any atom is 0.328 e. The van der Waals surface area contributed by atoms with Crippen LogP contribution in [0.3, 0.4) is 0 Å². The van der Waals surface area contributed by atoms with Gasteiger partial charge in [-0.2, -0.15) is 0 Å². The van der Waals surface area contributed by atoms with Crippen LogP contribution in [0.4, 0.5) is 5.69 Å². The molecule has 110 valence electrons. The molecule has 2 aromatic rings. The summed E-state index contributed by atoms with van der Waals surface area (Å²) in [6, 6.07) is 7.52. The summed E-state index contributed by atoms with van der Waals surface area (Å²) in [5, 5.41) is 11.4. The van der Waals surface area contributed by atoms with Crippen LogP contribution in [0.2, 0.25) is 5.02 Å². The second-order valence-electron chi connectivity index (χ2n) is 4.46. The van der Waals surface area contributed by atoms with Crippen molar-refractivity contribution in [2.24, 2.45) is 0 Å². The van der Waals surface area contributed by atoms with Crippen molar-refractivity contribution in [1.29, 1.82) is 0 Å². The predicted octanol–water partition coefficient (Wildman–Crippen LogP) is 4.90. The topological polar surface area (TPSA) is 40.5 Å². The third kappa shape index (κ3) is 4.33. The van der Waals surface area contributed by atoms with E-state index in [2.05, 4.69) is 27.4 Å². The van der Waals surface area contributed by atoms with E-state index in [1.54, 1.807) is 23.5 Å². The van der Waals surface area contributed by atoms with Crippen LogP contribution in [-0.4, -0.2) is 18.1 Å². The molecule has 1 heterocycles. The number of carboxylic acid groups (broad SMARTS) is 1. The molecule has 0 aliphatic rings. The maximum absolute atomic E-state index is 10.7. The van der Waals surface area contributed by atoms with Crippen molar-refractivity contribution in [2.45, 2.75) is 6.54 Å². The zero-order valence-electron chi connectivity index (χ0n) is 11.2. The Bertz CT molecular complexity index is 684. The Balaban J connectivity index is 2.30. The summed E-state index contributed by atoms with van der Waals surface area (Å²) in [4.78, 5) is 12.7. The van der Waals surface area contributed by atoms with Gasteiger partial charge in [0.15, 0.2) is 0 Å². The second-order valence-corrected chi connectivity index (χ2v) is 7.16. The minimum Gasteiger partial charge on any atom is -0.478 e. The fourth-order valence-corrected chi connectivity index (χ4v) is 3.54. The fourth-order valence-electron chi connectivity index (χ4n) is 2.01. The maximum atomic E-state index is 10.7. The van der Waals surface area contributed by atoms with Gasteiger partial charge in [0.25, 0.3) is 0 Å². The highest BCUT2D eigenvalue weighted by molar-refractivity contribution is 9.11. The van der Waals surface area contributed by atoms with Crippen LogP contribution in [-0.2, 0) is 11.3 Å². The van der Waals surface area contributed by atoms with E-state index in [1.807, 2.05) is 24.1 Å². The third-order valence-corrected chi connectivity index (χ3v) is 4.70. The molecule has 0 bridgehead atoms. The average Bonchev–Trinajstić information content (AvgIpc) is 2.81. The molecule has 0 aliphatic carbocycles. The number of thiophene rings is 1. The van der Waals surface area contributed by atoms with Crippen molar-refractivity contribution in [3.05, 3.63) is 55.7 Å². The van der Waals surface area contributed by atoms with Gasteiger partial charge in [-0.15, -0.1) is 11.3 Å². The van der Waals surface area contributed by atoms with Crippen LogP contribution in [0.15, 0.2) is 39.5 Å². The molecule has 3 nitrogen and oxygen atoms in total. The Morgan fingerprint density at radius 2 is 2.29 bits per heavy atom. The Kier molecular flexibility index (Phi) is 5.45. The number of anilines is 1. The van der Waals surface area contributed by atoms with Crippen molar-refractivity contribution < 1.29 is 9.90 Å². The van der Waals surface area contributed by atoms with Gasteiger partial charge in [0.1, 0.15) is 0 Å². The quantitative estimate of drug-likeness (QED) is 0.743. The first-order chi connectivity index (χ1) is 9.97. The van der Waals surface area contributed by atoms with E-state index in [9.17, 15) is 4.79 Å². The zero-order chi connectivity index (χ0) is 15.4. The van der Waals surface area contributed by atoms with E-state index < -0.39 is 5.97 Å². The summed E-state index contributed by atoms with van der Waals surface area (Å²) in [6.45, 7) is 0.694. The Labute approximate surface area is 140 Å². The Hall–Kier alpha value is -1.30. The van der Waals surface area contributed by atoms with Crippen LogP contribution in [0, 0.1) is 0 Å². The molecule has 0 amide bonds. The molecule has 0 unspecified atom stereocenters. The standard InChI is InChI=1S/C15H13BrClNO2S/c1-18(8-10-7-13(16)21-9-10)15-11(5-6-14(19)20)3-2-4-12(15)17/h2-7,9H,8H2,1H3,(H,19,20)/b6-5+. The molecular weight excluding hydrogens is 374 g/mol. The van der Waals surface area contributed by atoms with Crippen LogP contribution >= 0.6 is 38.9 Å². The van der Waals surface area contributed by atoms with E-state index >= 15 is 0 Å². The lowest BCUT2D eigenvalue weighted by Gasteiger charge is -2.22. The van der Waals surface area contributed by atoms with E-state index in [0.29, 0.717) is 11.6 Å². The largest absolute Gasteiger partial charge is 0.478 e. The van der Waals surface area contributed by atoms with Gasteiger partial charge >= 0.3 is 5.97 Å². The summed E-state index contributed by atoms with van der Waals surface area (Å²) < 4.78 is 1.08. The second kappa shape index (κ2) is 7.11. The number of hydrogen-bond donors (Lipinski definition) is 1. The molecule has 1 aromatic heterocycles. The number of benzene rings is 1. The predicted molar refractivity (Wildman–Crippen MR) is 92.2 cm³/mol. The molecule has 0 radical (unpaired) electrons. The number of halogens is 2. The number of carboxylic acids is 1. The highest BCUT2D eigenvalue weighted by atomic mass is 79.9. The van der Waals surface area contributed by atoms with Gasteiger partial charge in [-0.05, 0) is 50.6 Å². The smallest absolute Gasteiger partial charge is 0.328 e. The molecule has 0 saturated heterocycles. The number of carbonyl (C=O) groups is 1. The first-order valence-corrected chi connectivity index (χ1v) is 8.16. The van der Waals surface area contributed by atoms with E-state index in [-0.39, 0.29) is 0 Å². The fraction of sp³-hybridized carbons (Fsp3) is 0.133. The van der Waals surface area contributed by atoms with Crippen molar-refractivity contribution in [2.75, 3.05) is 11.9 Å². The van der Waals surface area contributed by atoms with Crippen molar-refractivity contribution in [3.63, 3.8) is 0 Å². The SMILES string of the molecule is CN(Cc1csc(Br)c1)c1c(Cl)cccc1/C=C/C(=O)O. The van der Waals surface area contributed by atoms with Gasteiger partial charge in [0, 0.05) is 19.7 Å². The van der Waals surface area contributed by atoms with Crippen molar-refractivity contribution in [3.8, 4) is 0 Å². The van der Waals surface area contributed by atoms with Gasteiger partial charge in [-0.25, -0.2) is 4.79 Å². The number of hydrogen-bond acceptors (Lipinski definition) is 3. The van der Waals surface area contributed by atoms with Crippen LogP contribution in [0.25, 0.3) is 6.08 Å². The monoisotopic (exact) mass is 385 g/mol. The molecular formula is C15H13BrClNO2S. The number of rotatable bonds is 5. The number of nitrogens with zero attached hydrogens (tertiary/aromatic N) is 1. The van der Waals surface area contributed by atoms with Crippen LogP contribution in [0.1, 0.15) is 11.1 Å². The average molecular weight is 387 g/mol. The molecule has 0 spiro atoms. The third-order valence-electron chi connectivity index (χ3n) is 2.85. The summed E-state index contributed by atoms with van der Waals surface area (Å²) in [7, 11) is 1.94. The minimum atomic E-state index is -0.981. The molecule has 0 saturated carbocycles. The van der Waals surface area contributed by atoms with Crippen LogP contribution in [0.5, 0.6) is 0 Å². The van der Waals surface area contributed by atoms with E-state index in [1.165, 1.54) is 5.56 Å². The summed E-state index contributed by atoms with van der Waals surface area (Å²) in [5.41, 5.74) is 2.77. The lowest BCUT2D eigenvalue weighted by Crippen LogP contribution is -2.17. The zero-order valence-corrected chi connectivity index (χ0v) is 14.4. The Morgan fingerprint density at radius 1 is 1.52 bits per heavy atom. The van der Waals surface area contributed by atoms with Gasteiger partial charge in [-0.3, -0.25) is 0 Å². The first-order valence-electron chi connectivity index (χ1n) is 6.11. The highest BCUT2D eigenvalue weighted by Crippen LogP contribution is 2.32. The Morgan fingerprint density at radius 3 is 2.90 bits per heavy atom. The van der Waals surface area contributed by atoms with E-state index in [4.69, 9.17) is 16.7 Å². The molecule has 0 aliphatic heterocycles. The molecule has 0 atom stereocenters. The van der Waals surface area contributed by atoms with Crippen molar-refractivity contribution in [1.82, 2.24) is 0 Å². The summed E-state index contributed by atoms with van der Waals surface area (Å²) in [6.07, 6.45) is 2.67. The number of para-hydroxylation sites is 1. The lowest BCUT2D eigenvalue weighted by atomic mass is 10.1. The summed E-state index contributed by atoms with van der Waals surface area (Å²) >= 11 is 11.4. The molecule has 21 heavy (non-hydrogen) atoms.